The molecular weight excluding hydrogens is 311 g/mol. The highest BCUT2D eigenvalue weighted by molar-refractivity contribution is 7.10. The van der Waals surface area contributed by atoms with Gasteiger partial charge in [-0.05, 0) is 29.1 Å². The van der Waals surface area contributed by atoms with E-state index in [0.29, 0.717) is 0 Å². The fourth-order valence-electron chi connectivity index (χ4n) is 2.27. The number of nitrogens with one attached hydrogen (secondary N) is 2. The quantitative estimate of drug-likeness (QED) is 0.710. The number of anilines is 1. The maximum absolute atomic E-state index is 13.6. The molecule has 5 heteroatoms. The summed E-state index contributed by atoms with van der Waals surface area (Å²) in [5, 5.41) is 7.42. The number of benzene rings is 2. The van der Waals surface area contributed by atoms with Crippen molar-refractivity contribution in [2.24, 2.45) is 0 Å². The minimum atomic E-state index is -0.463. The van der Waals surface area contributed by atoms with E-state index in [1.54, 1.807) is 23.5 Å². The maximum Gasteiger partial charge on any atom is 0.320 e. The van der Waals surface area contributed by atoms with Crippen LogP contribution in [0.15, 0.2) is 72.1 Å². The molecule has 0 spiro atoms. The molecule has 23 heavy (non-hydrogen) atoms. The number of para-hydroxylation sites is 1. The fraction of sp³-hybridized carbons (Fsp3) is 0.0556. The Bertz CT molecular complexity index is 775. The molecule has 3 nitrogen and oxygen atoms in total. The molecule has 0 saturated heterocycles. The van der Waals surface area contributed by atoms with Crippen LogP contribution in [-0.4, -0.2) is 6.03 Å². The largest absolute Gasteiger partial charge is 0.326 e. The van der Waals surface area contributed by atoms with Crippen molar-refractivity contribution in [1.29, 1.82) is 0 Å². The first kappa shape index (κ1) is 15.2. The third-order valence-corrected chi connectivity index (χ3v) is 4.30. The standard InChI is InChI=1S/C18H15FN2OS/c19-14-9-4-5-10-15(14)20-18(22)21-17(16-11-6-12-23-16)13-7-2-1-3-8-13/h1-12,17H,(H2,20,21,22). The molecule has 2 amide bonds. The molecule has 0 aliphatic heterocycles. The van der Waals surface area contributed by atoms with Gasteiger partial charge in [-0.1, -0.05) is 48.5 Å². The lowest BCUT2D eigenvalue weighted by Crippen LogP contribution is -2.33. The monoisotopic (exact) mass is 326 g/mol. The van der Waals surface area contributed by atoms with Crippen LogP contribution in [0.3, 0.4) is 0 Å². The van der Waals surface area contributed by atoms with Crippen LogP contribution in [0.2, 0.25) is 0 Å². The molecule has 0 aliphatic carbocycles. The smallest absolute Gasteiger partial charge is 0.320 e. The molecule has 3 aromatic rings. The highest BCUT2D eigenvalue weighted by Gasteiger charge is 2.18. The molecule has 1 atom stereocenters. The molecule has 116 valence electrons. The minimum Gasteiger partial charge on any atom is -0.326 e. The Morgan fingerprint density at radius 3 is 2.39 bits per heavy atom. The topological polar surface area (TPSA) is 41.1 Å². The molecule has 2 aromatic carbocycles. The molecule has 1 unspecified atom stereocenters. The summed E-state index contributed by atoms with van der Waals surface area (Å²) in [5.41, 5.74) is 1.13. The summed E-state index contributed by atoms with van der Waals surface area (Å²) in [5.74, 6) is -0.463. The van der Waals surface area contributed by atoms with Crippen LogP contribution in [0, 0.1) is 5.82 Å². The molecule has 2 N–H and O–H groups in total. The lowest BCUT2D eigenvalue weighted by molar-refractivity contribution is 0.250. The van der Waals surface area contributed by atoms with Crippen LogP contribution in [-0.2, 0) is 0 Å². The summed E-state index contributed by atoms with van der Waals surface area (Å²) in [7, 11) is 0. The third-order valence-electron chi connectivity index (χ3n) is 3.36. The van der Waals surface area contributed by atoms with E-state index in [4.69, 9.17) is 0 Å². The molecule has 0 fully saturated rings. The second kappa shape index (κ2) is 7.07. The van der Waals surface area contributed by atoms with Gasteiger partial charge in [-0.15, -0.1) is 11.3 Å². The summed E-state index contributed by atoms with van der Waals surface area (Å²) in [4.78, 5) is 13.3. The van der Waals surface area contributed by atoms with Crippen LogP contribution in [0.4, 0.5) is 14.9 Å². The zero-order valence-corrected chi connectivity index (χ0v) is 13.0. The zero-order valence-electron chi connectivity index (χ0n) is 12.2. The van der Waals surface area contributed by atoms with E-state index in [9.17, 15) is 9.18 Å². The Morgan fingerprint density at radius 2 is 1.70 bits per heavy atom. The van der Waals surface area contributed by atoms with E-state index in [-0.39, 0.29) is 11.7 Å². The number of thiophene rings is 1. The Hall–Kier alpha value is -2.66. The van der Waals surface area contributed by atoms with Gasteiger partial charge >= 0.3 is 6.03 Å². The van der Waals surface area contributed by atoms with Gasteiger partial charge in [0.05, 0.1) is 11.7 Å². The Labute approximate surface area is 137 Å². The van der Waals surface area contributed by atoms with Gasteiger partial charge in [-0.2, -0.15) is 0 Å². The van der Waals surface area contributed by atoms with Crippen molar-refractivity contribution in [3.63, 3.8) is 0 Å². The summed E-state index contributed by atoms with van der Waals surface area (Å²) in [6.07, 6.45) is 0. The van der Waals surface area contributed by atoms with Gasteiger partial charge in [0, 0.05) is 4.88 Å². The highest BCUT2D eigenvalue weighted by atomic mass is 32.1. The molecule has 0 aliphatic rings. The average Bonchev–Trinajstić information content (AvgIpc) is 3.10. The average molecular weight is 326 g/mol. The van der Waals surface area contributed by atoms with Gasteiger partial charge in [0.1, 0.15) is 5.82 Å². The summed E-state index contributed by atoms with van der Waals surface area (Å²) in [6.45, 7) is 0. The number of hydrogen-bond donors (Lipinski definition) is 2. The SMILES string of the molecule is O=C(Nc1ccccc1F)NC(c1ccccc1)c1cccs1. The van der Waals surface area contributed by atoms with Crippen LogP contribution >= 0.6 is 11.3 Å². The number of amides is 2. The van der Waals surface area contributed by atoms with Crippen LogP contribution in [0.1, 0.15) is 16.5 Å². The lowest BCUT2D eigenvalue weighted by atomic mass is 10.1. The molecule has 0 bridgehead atoms. The van der Waals surface area contributed by atoms with Gasteiger partial charge in [-0.3, -0.25) is 0 Å². The van der Waals surface area contributed by atoms with Crippen LogP contribution in [0.5, 0.6) is 0 Å². The molecule has 1 heterocycles. The van der Waals surface area contributed by atoms with Gasteiger partial charge in [0.2, 0.25) is 0 Å². The predicted octanol–water partition coefficient (Wildman–Crippen LogP) is 4.80. The fourth-order valence-corrected chi connectivity index (χ4v) is 3.07. The Kier molecular flexibility index (Phi) is 4.68. The van der Waals surface area contributed by atoms with Crippen molar-refractivity contribution in [2.45, 2.75) is 6.04 Å². The number of urea groups is 1. The summed E-state index contributed by atoms with van der Waals surface area (Å²) < 4.78 is 13.6. The van der Waals surface area contributed by atoms with Crippen molar-refractivity contribution >= 4 is 23.1 Å². The van der Waals surface area contributed by atoms with E-state index in [2.05, 4.69) is 10.6 Å². The van der Waals surface area contributed by atoms with Gasteiger partial charge < -0.3 is 10.6 Å². The van der Waals surface area contributed by atoms with Gasteiger partial charge in [-0.25, -0.2) is 9.18 Å². The number of carbonyl (C=O) groups is 1. The minimum absolute atomic E-state index is 0.156. The second-order valence-corrected chi connectivity index (χ2v) is 5.92. The maximum atomic E-state index is 13.6. The highest BCUT2D eigenvalue weighted by Crippen LogP contribution is 2.26. The van der Waals surface area contributed by atoms with Gasteiger partial charge in [0.15, 0.2) is 0 Å². The van der Waals surface area contributed by atoms with E-state index >= 15 is 0 Å². The number of hydrogen-bond acceptors (Lipinski definition) is 2. The number of rotatable bonds is 4. The van der Waals surface area contributed by atoms with E-state index in [1.807, 2.05) is 47.8 Å². The third kappa shape index (κ3) is 3.76. The van der Waals surface area contributed by atoms with Gasteiger partial charge in [0.25, 0.3) is 0 Å². The first-order valence-corrected chi connectivity index (χ1v) is 8.02. The van der Waals surface area contributed by atoms with Crippen molar-refractivity contribution in [3.8, 4) is 0 Å². The Morgan fingerprint density at radius 1 is 0.957 bits per heavy atom. The van der Waals surface area contributed by atoms with E-state index < -0.39 is 11.8 Å². The molecule has 3 rings (SSSR count). The Balaban J connectivity index is 1.79. The van der Waals surface area contributed by atoms with E-state index in [1.165, 1.54) is 12.1 Å². The first-order valence-electron chi connectivity index (χ1n) is 7.14. The summed E-state index contributed by atoms with van der Waals surface area (Å²) >= 11 is 1.56. The van der Waals surface area contributed by atoms with Crippen molar-refractivity contribution in [1.82, 2.24) is 5.32 Å². The lowest BCUT2D eigenvalue weighted by Gasteiger charge is -2.18. The zero-order chi connectivity index (χ0) is 16.1. The second-order valence-electron chi connectivity index (χ2n) is 4.94. The molecule has 0 saturated carbocycles. The molecule has 1 aromatic heterocycles. The molecular formula is C18H15FN2OS. The van der Waals surface area contributed by atoms with Crippen LogP contribution in [0.25, 0.3) is 0 Å². The van der Waals surface area contributed by atoms with Crippen molar-refractivity contribution < 1.29 is 9.18 Å². The molecule has 0 radical (unpaired) electrons. The number of halogens is 1. The van der Waals surface area contributed by atoms with Crippen LogP contribution < -0.4 is 10.6 Å². The number of carbonyl (C=O) groups excluding carboxylic acids is 1. The predicted molar refractivity (Wildman–Crippen MR) is 91.2 cm³/mol. The normalized spacial score (nSPS) is 11.7. The van der Waals surface area contributed by atoms with Crippen molar-refractivity contribution in [3.05, 3.63) is 88.4 Å². The van der Waals surface area contributed by atoms with E-state index in [0.717, 1.165) is 10.4 Å². The first-order chi connectivity index (χ1) is 11.2. The summed E-state index contributed by atoms with van der Waals surface area (Å²) in [6, 6.07) is 18.9. The van der Waals surface area contributed by atoms with Crippen molar-refractivity contribution in [2.75, 3.05) is 5.32 Å².